The van der Waals surface area contributed by atoms with Crippen LogP contribution in [0.2, 0.25) is 0 Å². The highest BCUT2D eigenvalue weighted by molar-refractivity contribution is 7.85. The van der Waals surface area contributed by atoms with Gasteiger partial charge in [-0.2, -0.15) is 13.2 Å². The predicted molar refractivity (Wildman–Crippen MR) is 116 cm³/mol. The number of halogens is 3. The molecule has 1 aliphatic rings. The lowest BCUT2D eigenvalue weighted by atomic mass is 10.2. The zero-order valence-corrected chi connectivity index (χ0v) is 18.5. The van der Waals surface area contributed by atoms with Gasteiger partial charge >= 0.3 is 6.18 Å². The van der Waals surface area contributed by atoms with Gasteiger partial charge in [0, 0.05) is 26.0 Å². The van der Waals surface area contributed by atoms with Gasteiger partial charge in [-0.3, -0.25) is 9.20 Å². The van der Waals surface area contributed by atoms with Gasteiger partial charge in [0.1, 0.15) is 21.9 Å². The van der Waals surface area contributed by atoms with Crippen LogP contribution in [-0.2, 0) is 31.1 Å². The molecule has 3 heterocycles. The molecular weight excluding hydrogens is 443 g/mol. The second-order valence-corrected chi connectivity index (χ2v) is 9.10. The van der Waals surface area contributed by atoms with Gasteiger partial charge in [0.15, 0.2) is 17.3 Å². The number of nitrogens with zero attached hydrogens (tertiary/aromatic N) is 6. The van der Waals surface area contributed by atoms with Crippen LogP contribution < -0.4 is 5.73 Å². The first-order valence-corrected chi connectivity index (χ1v) is 11.3. The van der Waals surface area contributed by atoms with Crippen molar-refractivity contribution in [2.45, 2.75) is 37.0 Å². The third kappa shape index (κ3) is 3.94. The molecule has 0 radical (unpaired) electrons. The van der Waals surface area contributed by atoms with E-state index >= 15 is 0 Å². The second-order valence-electron chi connectivity index (χ2n) is 7.45. The minimum absolute atomic E-state index is 0.0754. The van der Waals surface area contributed by atoms with E-state index < -0.39 is 22.5 Å². The lowest BCUT2D eigenvalue weighted by Crippen LogP contribution is -2.11. The first-order chi connectivity index (χ1) is 15.2. The van der Waals surface area contributed by atoms with E-state index in [1.54, 1.807) is 36.2 Å². The summed E-state index contributed by atoms with van der Waals surface area (Å²) in [5, 5.41) is 0.408. The van der Waals surface area contributed by atoms with Crippen molar-refractivity contribution in [3.63, 3.8) is 0 Å². The van der Waals surface area contributed by atoms with Gasteiger partial charge < -0.3 is 14.9 Å². The molecule has 2 N–H and O–H groups in total. The molecule has 1 aliphatic carbocycles. The molecule has 8 nitrogen and oxygen atoms in total. The summed E-state index contributed by atoms with van der Waals surface area (Å²) in [5.74, 6) is 1.06. The molecule has 1 atom stereocenters. The van der Waals surface area contributed by atoms with E-state index in [1.165, 1.54) is 6.20 Å². The number of hydrogen-bond acceptors (Lipinski definition) is 6. The Balaban J connectivity index is 1.94. The Morgan fingerprint density at radius 3 is 2.62 bits per heavy atom. The smallest absolute Gasteiger partial charge is 0.405 e. The number of allylic oxidation sites excluding steroid dienone is 1. The Kier molecular flexibility index (Phi) is 5.65. The zero-order valence-electron chi connectivity index (χ0n) is 17.7. The molecule has 3 aromatic rings. The van der Waals surface area contributed by atoms with E-state index in [0.717, 1.165) is 25.1 Å². The number of aryl methyl sites for hydroxylation is 1. The highest BCUT2D eigenvalue weighted by atomic mass is 32.2. The topological polar surface area (TPSA) is 104 Å². The van der Waals surface area contributed by atoms with Gasteiger partial charge in [-0.05, 0) is 31.2 Å². The molecule has 1 unspecified atom stereocenters. The summed E-state index contributed by atoms with van der Waals surface area (Å²) >= 11 is 0. The lowest BCUT2D eigenvalue weighted by molar-refractivity contribution is -0.137. The van der Waals surface area contributed by atoms with Crippen molar-refractivity contribution in [1.82, 2.24) is 24.1 Å². The van der Waals surface area contributed by atoms with Crippen molar-refractivity contribution in [2.24, 2.45) is 24.8 Å². The molecular formula is C20H22F3N7OS. The number of pyridine rings is 1. The monoisotopic (exact) mass is 465 g/mol. The van der Waals surface area contributed by atoms with Crippen LogP contribution in [0, 0.1) is 0 Å². The van der Waals surface area contributed by atoms with E-state index in [-0.39, 0.29) is 23.0 Å². The van der Waals surface area contributed by atoms with Crippen molar-refractivity contribution < 1.29 is 17.4 Å². The third-order valence-electron chi connectivity index (χ3n) is 5.12. The largest absolute Gasteiger partial charge is 0.417 e. The maximum atomic E-state index is 13.1. The minimum atomic E-state index is -4.53. The SMILES string of the molecule is CCS(=O)c1c(-c2nc3cc(C(F)(F)F)cnc3n2C)nc(C(/C=C\N)=NC2CC2)n1C. The third-order valence-corrected chi connectivity index (χ3v) is 6.54. The maximum Gasteiger partial charge on any atom is 0.417 e. The molecule has 12 heteroatoms. The van der Waals surface area contributed by atoms with Crippen molar-refractivity contribution in [1.29, 1.82) is 0 Å². The van der Waals surface area contributed by atoms with Crippen LogP contribution in [0.1, 0.15) is 31.2 Å². The molecule has 0 spiro atoms. The fourth-order valence-corrected chi connectivity index (χ4v) is 4.38. The Labute approximate surface area is 184 Å². The van der Waals surface area contributed by atoms with Gasteiger partial charge in [-0.1, -0.05) is 6.92 Å². The highest BCUT2D eigenvalue weighted by Gasteiger charge is 2.32. The molecule has 0 aromatic carbocycles. The summed E-state index contributed by atoms with van der Waals surface area (Å²) in [6.07, 6.45) is 1.19. The minimum Gasteiger partial charge on any atom is -0.405 e. The number of nitrogens with two attached hydrogens (primary N) is 1. The number of hydrogen-bond donors (Lipinski definition) is 1. The van der Waals surface area contributed by atoms with Crippen molar-refractivity contribution in [2.75, 3.05) is 5.75 Å². The van der Waals surface area contributed by atoms with Gasteiger partial charge in [-0.25, -0.2) is 15.0 Å². The second kappa shape index (κ2) is 8.15. The highest BCUT2D eigenvalue weighted by Crippen LogP contribution is 2.33. The number of rotatable bonds is 6. The molecule has 0 aliphatic heterocycles. The summed E-state index contributed by atoms with van der Waals surface area (Å²) < 4.78 is 55.6. The first-order valence-electron chi connectivity index (χ1n) is 9.97. The number of imidazole rings is 2. The Hall–Kier alpha value is -3.02. The molecule has 170 valence electrons. The molecule has 4 rings (SSSR count). The molecule has 0 amide bonds. The molecule has 0 bridgehead atoms. The molecule has 1 fully saturated rings. The molecule has 32 heavy (non-hydrogen) atoms. The predicted octanol–water partition coefficient (Wildman–Crippen LogP) is 2.94. The fourth-order valence-electron chi connectivity index (χ4n) is 3.37. The van der Waals surface area contributed by atoms with E-state index in [2.05, 4.69) is 19.9 Å². The molecule has 0 saturated heterocycles. The fraction of sp³-hybridized carbons (Fsp3) is 0.400. The van der Waals surface area contributed by atoms with Crippen LogP contribution in [0.25, 0.3) is 22.7 Å². The summed E-state index contributed by atoms with van der Waals surface area (Å²) in [7, 11) is 1.94. The van der Waals surface area contributed by atoms with E-state index in [4.69, 9.17) is 5.73 Å². The maximum absolute atomic E-state index is 13.1. The van der Waals surface area contributed by atoms with Crippen LogP contribution in [0.3, 0.4) is 0 Å². The average molecular weight is 466 g/mol. The van der Waals surface area contributed by atoms with Crippen molar-refractivity contribution in [3.05, 3.63) is 35.9 Å². The van der Waals surface area contributed by atoms with Crippen molar-refractivity contribution in [3.8, 4) is 11.5 Å². The normalized spacial score (nSPS) is 16.4. The van der Waals surface area contributed by atoms with Gasteiger partial charge in [0.2, 0.25) is 0 Å². The van der Waals surface area contributed by atoms with E-state index in [9.17, 15) is 17.4 Å². The number of alkyl halides is 3. The standard InChI is InChI=1S/C20H22F3N7OS/c1-4-32(31)19-15(28-17(30(19)3)13(7-8-24)26-12-5-6-12)18-27-14-9-11(20(21,22)23)10-25-16(14)29(18)2/h7-10,12H,4-6,24H2,1-3H3/b8-7-,26-13?. The van der Waals surface area contributed by atoms with Gasteiger partial charge in [-0.15, -0.1) is 0 Å². The number of fused-ring (bicyclic) bond motifs is 1. The Morgan fingerprint density at radius 1 is 1.31 bits per heavy atom. The van der Waals surface area contributed by atoms with Crippen LogP contribution in [-0.4, -0.2) is 45.8 Å². The summed E-state index contributed by atoms with van der Waals surface area (Å²) in [4.78, 5) is 17.6. The summed E-state index contributed by atoms with van der Waals surface area (Å²) in [6, 6.07) is 1.14. The van der Waals surface area contributed by atoms with Crippen LogP contribution in [0.5, 0.6) is 0 Å². The van der Waals surface area contributed by atoms with Gasteiger partial charge in [0.25, 0.3) is 0 Å². The first kappa shape index (κ1) is 22.2. The molecule has 1 saturated carbocycles. The lowest BCUT2D eigenvalue weighted by Gasteiger charge is -2.06. The average Bonchev–Trinajstić information content (AvgIpc) is 3.42. The van der Waals surface area contributed by atoms with Gasteiger partial charge in [0.05, 0.1) is 22.4 Å². The quantitative estimate of drug-likeness (QED) is 0.564. The molecule has 3 aromatic heterocycles. The van der Waals surface area contributed by atoms with Crippen molar-refractivity contribution >= 4 is 27.7 Å². The summed E-state index contributed by atoms with van der Waals surface area (Å²) in [6.45, 7) is 1.78. The Bertz CT molecular complexity index is 1270. The van der Waals surface area contributed by atoms with Crippen LogP contribution in [0.4, 0.5) is 13.2 Å². The zero-order chi connectivity index (χ0) is 23.2. The number of aromatic nitrogens is 5. The number of aliphatic imine (C=N–C) groups is 1. The summed E-state index contributed by atoms with van der Waals surface area (Å²) in [5.41, 5.74) is 5.92. The van der Waals surface area contributed by atoms with E-state index in [1.807, 2.05) is 0 Å². The van der Waals surface area contributed by atoms with E-state index in [0.29, 0.717) is 28.0 Å². The van der Waals surface area contributed by atoms with Crippen LogP contribution in [0.15, 0.2) is 34.6 Å². The Morgan fingerprint density at radius 2 is 2.03 bits per heavy atom. The van der Waals surface area contributed by atoms with Crippen LogP contribution >= 0.6 is 0 Å².